The second kappa shape index (κ2) is 10.1. The van der Waals surface area contributed by atoms with Crippen LogP contribution in [0.15, 0.2) is 37.2 Å². The van der Waals surface area contributed by atoms with Crippen molar-refractivity contribution in [3.05, 3.63) is 68.4 Å². The van der Waals surface area contributed by atoms with Crippen molar-refractivity contribution in [1.82, 2.24) is 29.9 Å². The highest BCUT2D eigenvalue weighted by atomic mass is 35.5. The molecule has 0 fully saturated rings. The average molecular weight is 542 g/mol. The van der Waals surface area contributed by atoms with E-state index in [9.17, 15) is 22.8 Å². The Balaban J connectivity index is 1.41. The first-order chi connectivity index (χ1) is 16.6. The highest BCUT2D eigenvalue weighted by Crippen LogP contribution is 2.35. The predicted octanol–water partition coefficient (Wildman–Crippen LogP) is 5.11. The molecule has 4 rings (SSSR count). The molecule has 0 atom stereocenters. The smallest absolute Gasteiger partial charge is 0.343 e. The van der Waals surface area contributed by atoms with Gasteiger partial charge in [-0.3, -0.25) is 9.59 Å². The lowest BCUT2D eigenvalue weighted by molar-refractivity contribution is -0.137. The van der Waals surface area contributed by atoms with Crippen molar-refractivity contribution in [2.75, 3.05) is 5.32 Å². The van der Waals surface area contributed by atoms with Gasteiger partial charge in [0, 0.05) is 31.4 Å². The molecule has 0 bridgehead atoms. The summed E-state index contributed by atoms with van der Waals surface area (Å²) in [6.07, 6.45) is 1.85. The number of aromatic nitrogens is 6. The fraction of sp³-hybridized carbons (Fsp3) is 0.150. The van der Waals surface area contributed by atoms with Crippen molar-refractivity contribution in [3.63, 3.8) is 0 Å². The number of aromatic amines is 1. The second-order valence-electron chi connectivity index (χ2n) is 6.87. The highest BCUT2D eigenvalue weighted by Gasteiger charge is 2.34. The van der Waals surface area contributed by atoms with Gasteiger partial charge in [-0.25, -0.2) is 24.9 Å². The first-order valence-electron chi connectivity index (χ1n) is 9.65. The van der Waals surface area contributed by atoms with E-state index in [1.807, 2.05) is 0 Å². The maximum Gasteiger partial charge on any atom is 0.418 e. The van der Waals surface area contributed by atoms with E-state index < -0.39 is 22.7 Å². The van der Waals surface area contributed by atoms with Gasteiger partial charge in [-0.05, 0) is 6.07 Å². The van der Waals surface area contributed by atoms with E-state index in [2.05, 4.69) is 35.2 Å². The van der Waals surface area contributed by atoms with Crippen molar-refractivity contribution in [2.24, 2.45) is 0 Å². The van der Waals surface area contributed by atoms with Gasteiger partial charge < -0.3 is 10.3 Å². The number of thiazole rings is 1. The van der Waals surface area contributed by atoms with Gasteiger partial charge in [-0.15, -0.1) is 11.3 Å². The summed E-state index contributed by atoms with van der Waals surface area (Å²) in [5.74, 6) is -0.997. The van der Waals surface area contributed by atoms with Gasteiger partial charge >= 0.3 is 6.18 Å². The molecule has 0 saturated heterocycles. The molecule has 9 nitrogen and oxygen atoms in total. The molecule has 1 amide bonds. The molecule has 0 aromatic carbocycles. The van der Waals surface area contributed by atoms with E-state index in [-0.39, 0.29) is 45.7 Å². The molecule has 0 aliphatic rings. The first kappa shape index (κ1) is 24.7. The monoisotopic (exact) mass is 541 g/mol. The van der Waals surface area contributed by atoms with Gasteiger partial charge in [0.05, 0.1) is 26.8 Å². The van der Waals surface area contributed by atoms with Crippen LogP contribution in [0.1, 0.15) is 37.2 Å². The van der Waals surface area contributed by atoms with Crippen molar-refractivity contribution >= 4 is 52.0 Å². The Morgan fingerprint density at radius 2 is 1.89 bits per heavy atom. The summed E-state index contributed by atoms with van der Waals surface area (Å²) >= 11 is 12.8. The van der Waals surface area contributed by atoms with Crippen LogP contribution >= 0.6 is 34.5 Å². The fourth-order valence-electron chi connectivity index (χ4n) is 2.90. The Labute approximate surface area is 208 Å². The number of H-pyrrole nitrogens is 1. The average Bonchev–Trinajstić information content (AvgIpc) is 3.51. The van der Waals surface area contributed by atoms with Crippen molar-refractivity contribution in [1.29, 1.82) is 0 Å². The molecule has 0 spiro atoms. The standard InChI is InChI=1S/C20H12Cl2F3N7O2S/c21-10-6-28-13(5-9(10)20(23,24)25)32-19(34)12-7-29-14(35-12)2-1-11(33)16-15(22)17(31-8-30-16)18-26-3-4-27-18/h3-8H,1-2H2,(H,26,27)(H,28,32,34). The highest BCUT2D eigenvalue weighted by molar-refractivity contribution is 7.13. The minimum absolute atomic E-state index is 0.00339. The summed E-state index contributed by atoms with van der Waals surface area (Å²) < 4.78 is 39.0. The van der Waals surface area contributed by atoms with Gasteiger partial charge in [0.15, 0.2) is 11.6 Å². The van der Waals surface area contributed by atoms with Crippen LogP contribution in [0.3, 0.4) is 0 Å². The fourth-order valence-corrected chi connectivity index (χ4v) is 4.21. The van der Waals surface area contributed by atoms with Crippen molar-refractivity contribution in [3.8, 4) is 11.5 Å². The van der Waals surface area contributed by atoms with Gasteiger partial charge in [0.1, 0.15) is 28.4 Å². The Hall–Kier alpha value is -3.42. The number of rotatable bonds is 7. The van der Waals surface area contributed by atoms with E-state index in [0.717, 1.165) is 17.5 Å². The summed E-state index contributed by atoms with van der Waals surface area (Å²) in [5.41, 5.74) is -0.809. The lowest BCUT2D eigenvalue weighted by Gasteiger charge is -2.10. The first-order valence-corrected chi connectivity index (χ1v) is 11.2. The third-order valence-corrected chi connectivity index (χ3v) is 6.24. The summed E-state index contributed by atoms with van der Waals surface area (Å²) in [6, 6.07) is 0.642. The number of carbonyl (C=O) groups excluding carboxylic acids is 2. The Morgan fingerprint density at radius 3 is 2.60 bits per heavy atom. The van der Waals surface area contributed by atoms with Crippen LogP contribution in [0.4, 0.5) is 19.0 Å². The van der Waals surface area contributed by atoms with Crippen LogP contribution in [0.5, 0.6) is 0 Å². The second-order valence-corrected chi connectivity index (χ2v) is 8.77. The zero-order valence-electron chi connectivity index (χ0n) is 17.2. The van der Waals surface area contributed by atoms with Crippen LogP contribution < -0.4 is 5.32 Å². The molecule has 2 N–H and O–H groups in total. The topological polar surface area (TPSA) is 126 Å². The quantitative estimate of drug-likeness (QED) is 0.311. The van der Waals surface area contributed by atoms with Crippen LogP contribution in [0.2, 0.25) is 10.0 Å². The maximum absolute atomic E-state index is 13.0. The normalized spacial score (nSPS) is 11.5. The number of pyridine rings is 1. The minimum Gasteiger partial charge on any atom is -0.343 e. The largest absolute Gasteiger partial charge is 0.418 e. The molecule has 0 saturated carbocycles. The number of hydrogen-bond donors (Lipinski definition) is 2. The van der Waals surface area contributed by atoms with E-state index >= 15 is 0 Å². The van der Waals surface area contributed by atoms with Crippen molar-refractivity contribution in [2.45, 2.75) is 19.0 Å². The van der Waals surface area contributed by atoms with Gasteiger partial charge in [0.25, 0.3) is 5.91 Å². The summed E-state index contributed by atoms with van der Waals surface area (Å²) in [6.45, 7) is 0. The minimum atomic E-state index is -4.70. The molecule has 15 heteroatoms. The lowest BCUT2D eigenvalue weighted by Crippen LogP contribution is -2.13. The number of carbonyl (C=O) groups is 2. The SMILES string of the molecule is O=C(Nc1cc(C(F)(F)F)c(Cl)cn1)c1cnc(CCC(=O)c2ncnc(-c3ncc[nH]3)c2Cl)s1. The molecule has 0 aliphatic carbocycles. The van der Waals surface area contributed by atoms with E-state index in [1.165, 1.54) is 18.7 Å². The Kier molecular flexibility index (Phi) is 7.10. The molecule has 0 aliphatic heterocycles. The third-order valence-electron chi connectivity index (χ3n) is 4.52. The summed E-state index contributed by atoms with van der Waals surface area (Å²) in [7, 11) is 0. The van der Waals surface area contributed by atoms with Crippen LogP contribution in [-0.2, 0) is 12.6 Å². The van der Waals surface area contributed by atoms with Gasteiger partial charge in [0.2, 0.25) is 0 Å². The van der Waals surface area contributed by atoms with Gasteiger partial charge in [-0.1, -0.05) is 23.2 Å². The molecule has 0 radical (unpaired) electrons. The number of nitrogens with one attached hydrogen (secondary N) is 2. The summed E-state index contributed by atoms with van der Waals surface area (Å²) in [4.78, 5) is 47.9. The third kappa shape index (κ3) is 5.63. The number of hydrogen-bond acceptors (Lipinski definition) is 8. The molecule has 35 heavy (non-hydrogen) atoms. The predicted molar refractivity (Wildman–Crippen MR) is 122 cm³/mol. The number of aryl methyl sites for hydroxylation is 1. The number of anilines is 1. The van der Waals surface area contributed by atoms with Crippen molar-refractivity contribution < 1.29 is 22.8 Å². The zero-order valence-corrected chi connectivity index (χ0v) is 19.6. The van der Waals surface area contributed by atoms with Crippen LogP contribution in [0, 0.1) is 0 Å². The molecule has 4 aromatic rings. The van der Waals surface area contributed by atoms with Crippen LogP contribution in [0.25, 0.3) is 11.5 Å². The van der Waals surface area contributed by atoms with E-state index in [4.69, 9.17) is 23.2 Å². The Morgan fingerprint density at radius 1 is 1.09 bits per heavy atom. The number of alkyl halides is 3. The molecular weight excluding hydrogens is 530 g/mol. The van der Waals surface area contributed by atoms with Crippen LogP contribution in [-0.4, -0.2) is 41.6 Å². The van der Waals surface area contributed by atoms with Gasteiger partial charge in [-0.2, -0.15) is 13.2 Å². The maximum atomic E-state index is 13.0. The Bertz CT molecular complexity index is 1390. The molecular formula is C20H12Cl2F3N7O2S. The number of ketones is 1. The molecule has 4 heterocycles. The van der Waals surface area contributed by atoms with E-state index in [1.54, 1.807) is 6.20 Å². The molecule has 0 unspecified atom stereocenters. The lowest BCUT2D eigenvalue weighted by atomic mass is 10.1. The number of amides is 1. The molecule has 180 valence electrons. The number of Topliss-reactive ketones (excluding diaryl/α,β-unsaturated/α-hetero) is 1. The zero-order chi connectivity index (χ0) is 25.2. The number of imidazole rings is 1. The number of nitrogens with zero attached hydrogens (tertiary/aromatic N) is 5. The molecule has 4 aromatic heterocycles. The number of halogens is 5. The summed E-state index contributed by atoms with van der Waals surface area (Å²) in [5, 5.41) is 2.21. The van der Waals surface area contributed by atoms with E-state index in [0.29, 0.717) is 16.9 Å².